The molecule has 0 saturated heterocycles. The minimum atomic E-state index is -4.10. The van der Waals surface area contributed by atoms with E-state index in [-0.39, 0.29) is 6.42 Å². The Morgan fingerprint density at radius 1 is 1.26 bits per heavy atom. The first-order valence-electron chi connectivity index (χ1n) is 6.13. The Labute approximate surface area is 109 Å². The Kier molecular flexibility index (Phi) is 3.97. The van der Waals surface area contributed by atoms with Crippen LogP contribution in [0.3, 0.4) is 0 Å². The molecule has 0 fully saturated rings. The molecule has 19 heavy (non-hydrogen) atoms. The van der Waals surface area contributed by atoms with Crippen LogP contribution >= 0.6 is 0 Å². The molecule has 1 aliphatic rings. The Balaban J connectivity index is 2.08. The predicted octanol–water partition coefficient (Wildman–Crippen LogP) is 3.42. The first-order chi connectivity index (χ1) is 9.01. The van der Waals surface area contributed by atoms with Crippen molar-refractivity contribution in [1.29, 1.82) is 0 Å². The SMILES string of the molecule is O/N=C1/CCN(CCCC(F)(F)F)c2ccccc21. The molecule has 0 spiro atoms. The Bertz CT molecular complexity index is 471. The molecule has 1 aliphatic heterocycles. The summed E-state index contributed by atoms with van der Waals surface area (Å²) in [4.78, 5) is 1.91. The molecule has 0 atom stereocenters. The molecule has 1 aromatic rings. The van der Waals surface area contributed by atoms with E-state index in [9.17, 15) is 13.2 Å². The number of para-hydroxylation sites is 1. The van der Waals surface area contributed by atoms with Crippen LogP contribution in [0.4, 0.5) is 18.9 Å². The van der Waals surface area contributed by atoms with Crippen molar-refractivity contribution in [2.75, 3.05) is 18.0 Å². The summed E-state index contributed by atoms with van der Waals surface area (Å²) in [6.45, 7) is 0.934. The quantitative estimate of drug-likeness (QED) is 0.676. The number of anilines is 1. The maximum Gasteiger partial charge on any atom is 0.389 e. The van der Waals surface area contributed by atoms with E-state index < -0.39 is 12.6 Å². The summed E-state index contributed by atoms with van der Waals surface area (Å²) in [5.41, 5.74) is 2.22. The van der Waals surface area contributed by atoms with Gasteiger partial charge in [0.25, 0.3) is 0 Å². The predicted molar refractivity (Wildman–Crippen MR) is 66.9 cm³/mol. The molecule has 1 N–H and O–H groups in total. The molecule has 0 saturated carbocycles. The standard InChI is InChI=1S/C13H15F3N2O/c14-13(15,16)7-3-8-18-9-6-11(17-19)10-4-1-2-5-12(10)18/h1-2,4-5,19H,3,6-9H2/b17-11-. The molecule has 2 rings (SSSR count). The minimum absolute atomic E-state index is 0.0729. The average Bonchev–Trinajstić information content (AvgIpc) is 2.37. The second-order valence-electron chi connectivity index (χ2n) is 4.52. The molecule has 0 unspecified atom stereocenters. The summed E-state index contributed by atoms with van der Waals surface area (Å²) in [7, 11) is 0. The lowest BCUT2D eigenvalue weighted by molar-refractivity contribution is -0.135. The number of fused-ring (bicyclic) bond motifs is 1. The van der Waals surface area contributed by atoms with E-state index in [4.69, 9.17) is 5.21 Å². The Morgan fingerprint density at radius 2 is 2.00 bits per heavy atom. The van der Waals surface area contributed by atoms with Crippen molar-refractivity contribution in [2.24, 2.45) is 5.16 Å². The highest BCUT2D eigenvalue weighted by atomic mass is 19.4. The highest BCUT2D eigenvalue weighted by Gasteiger charge is 2.27. The fraction of sp³-hybridized carbons (Fsp3) is 0.462. The largest absolute Gasteiger partial charge is 0.411 e. The van der Waals surface area contributed by atoms with Crippen molar-refractivity contribution >= 4 is 11.4 Å². The van der Waals surface area contributed by atoms with E-state index in [2.05, 4.69) is 5.16 Å². The molecule has 0 aromatic heterocycles. The van der Waals surface area contributed by atoms with Crippen LogP contribution in [0.2, 0.25) is 0 Å². The van der Waals surface area contributed by atoms with Crippen LogP contribution in [0.1, 0.15) is 24.8 Å². The number of rotatable bonds is 3. The van der Waals surface area contributed by atoms with Crippen LogP contribution in [0.25, 0.3) is 0 Å². The molecule has 6 heteroatoms. The van der Waals surface area contributed by atoms with Crippen molar-refractivity contribution in [1.82, 2.24) is 0 Å². The van der Waals surface area contributed by atoms with Crippen molar-refractivity contribution in [3.05, 3.63) is 29.8 Å². The van der Waals surface area contributed by atoms with Crippen LogP contribution < -0.4 is 4.90 Å². The first-order valence-corrected chi connectivity index (χ1v) is 6.13. The van der Waals surface area contributed by atoms with E-state index in [1.807, 2.05) is 29.2 Å². The molecule has 104 valence electrons. The van der Waals surface area contributed by atoms with E-state index in [1.165, 1.54) is 0 Å². The van der Waals surface area contributed by atoms with Crippen molar-refractivity contribution in [2.45, 2.75) is 25.4 Å². The van der Waals surface area contributed by atoms with Gasteiger partial charge in [-0.25, -0.2) is 0 Å². The smallest absolute Gasteiger partial charge is 0.389 e. The third-order valence-corrected chi connectivity index (χ3v) is 3.18. The third-order valence-electron chi connectivity index (χ3n) is 3.18. The number of alkyl halides is 3. The summed E-state index contributed by atoms with van der Waals surface area (Å²) in [5.74, 6) is 0. The molecule has 0 amide bonds. The normalized spacial score (nSPS) is 17.6. The summed E-state index contributed by atoms with van der Waals surface area (Å²) >= 11 is 0. The van der Waals surface area contributed by atoms with E-state index in [0.29, 0.717) is 25.2 Å². The van der Waals surface area contributed by atoms with Crippen molar-refractivity contribution in [3.63, 3.8) is 0 Å². The molecule has 0 aliphatic carbocycles. The van der Waals surface area contributed by atoms with Crippen LogP contribution in [0, 0.1) is 0 Å². The van der Waals surface area contributed by atoms with Gasteiger partial charge in [0.15, 0.2) is 0 Å². The number of hydrogen-bond donors (Lipinski definition) is 1. The molecular formula is C13H15F3N2O. The van der Waals surface area contributed by atoms with Gasteiger partial charge in [-0.3, -0.25) is 0 Å². The number of oxime groups is 1. The van der Waals surface area contributed by atoms with Crippen LogP contribution in [0.5, 0.6) is 0 Å². The van der Waals surface area contributed by atoms with Gasteiger partial charge in [-0.05, 0) is 12.5 Å². The molecule has 1 heterocycles. The molecular weight excluding hydrogens is 257 g/mol. The van der Waals surface area contributed by atoms with Gasteiger partial charge in [0.05, 0.1) is 5.71 Å². The van der Waals surface area contributed by atoms with Crippen LogP contribution in [-0.4, -0.2) is 30.2 Å². The fourth-order valence-corrected chi connectivity index (χ4v) is 2.30. The molecule has 0 bridgehead atoms. The maximum absolute atomic E-state index is 12.2. The van der Waals surface area contributed by atoms with Gasteiger partial charge >= 0.3 is 6.18 Å². The van der Waals surface area contributed by atoms with Crippen LogP contribution in [0.15, 0.2) is 29.4 Å². The van der Waals surface area contributed by atoms with Gasteiger partial charge in [0.1, 0.15) is 0 Å². The Hall–Kier alpha value is -1.72. The third kappa shape index (κ3) is 3.39. The average molecular weight is 272 g/mol. The van der Waals surface area contributed by atoms with Gasteiger partial charge in [-0.2, -0.15) is 13.2 Å². The van der Waals surface area contributed by atoms with Gasteiger partial charge in [-0.15, -0.1) is 0 Å². The second-order valence-corrected chi connectivity index (χ2v) is 4.52. The topological polar surface area (TPSA) is 35.8 Å². The molecule has 3 nitrogen and oxygen atoms in total. The lowest BCUT2D eigenvalue weighted by Crippen LogP contribution is -2.33. The highest BCUT2D eigenvalue weighted by Crippen LogP contribution is 2.28. The number of benzene rings is 1. The Morgan fingerprint density at radius 3 is 2.68 bits per heavy atom. The number of halogens is 3. The fourth-order valence-electron chi connectivity index (χ4n) is 2.30. The van der Waals surface area contributed by atoms with Crippen molar-refractivity contribution in [3.8, 4) is 0 Å². The minimum Gasteiger partial charge on any atom is -0.411 e. The summed E-state index contributed by atoms with van der Waals surface area (Å²) in [6, 6.07) is 7.31. The van der Waals surface area contributed by atoms with E-state index >= 15 is 0 Å². The number of nitrogens with zero attached hydrogens (tertiary/aromatic N) is 2. The summed E-state index contributed by atoms with van der Waals surface area (Å²) in [6.07, 6.45) is -4.26. The zero-order valence-electron chi connectivity index (χ0n) is 10.3. The lowest BCUT2D eigenvalue weighted by Gasteiger charge is -2.31. The highest BCUT2D eigenvalue weighted by molar-refractivity contribution is 6.06. The van der Waals surface area contributed by atoms with Gasteiger partial charge < -0.3 is 10.1 Å². The zero-order chi connectivity index (χ0) is 13.9. The summed E-state index contributed by atoms with van der Waals surface area (Å²) in [5, 5.41) is 12.2. The molecule has 1 aromatic carbocycles. The molecule has 0 radical (unpaired) electrons. The second kappa shape index (κ2) is 5.50. The monoisotopic (exact) mass is 272 g/mol. The first kappa shape index (κ1) is 13.7. The van der Waals surface area contributed by atoms with E-state index in [0.717, 1.165) is 11.3 Å². The van der Waals surface area contributed by atoms with Gasteiger partial charge in [0, 0.05) is 37.2 Å². The van der Waals surface area contributed by atoms with Gasteiger partial charge in [0.2, 0.25) is 0 Å². The zero-order valence-corrected chi connectivity index (χ0v) is 10.3. The maximum atomic E-state index is 12.2. The number of hydrogen-bond acceptors (Lipinski definition) is 3. The summed E-state index contributed by atoms with van der Waals surface area (Å²) < 4.78 is 36.5. The van der Waals surface area contributed by atoms with E-state index in [1.54, 1.807) is 0 Å². The van der Waals surface area contributed by atoms with Crippen LogP contribution in [-0.2, 0) is 0 Å². The van der Waals surface area contributed by atoms with Gasteiger partial charge in [-0.1, -0.05) is 23.4 Å². The lowest BCUT2D eigenvalue weighted by atomic mass is 9.99. The van der Waals surface area contributed by atoms with Crippen molar-refractivity contribution < 1.29 is 18.4 Å².